The second kappa shape index (κ2) is 11.7. The third-order valence-corrected chi connectivity index (χ3v) is 6.03. The lowest BCUT2D eigenvalue weighted by Crippen LogP contribution is -2.17. The van der Waals surface area contributed by atoms with Gasteiger partial charge >= 0.3 is 0 Å². The number of nitrogens with one attached hydrogen (secondary N) is 1. The molecule has 1 heterocycles. The fourth-order valence-corrected chi connectivity index (χ4v) is 4.13. The second-order valence-electron chi connectivity index (χ2n) is 8.35. The van der Waals surface area contributed by atoms with Crippen molar-refractivity contribution in [2.75, 3.05) is 18.2 Å². The molecule has 0 aliphatic rings. The molecule has 11 heteroatoms. The van der Waals surface area contributed by atoms with Gasteiger partial charge in [-0.15, -0.1) is 10.2 Å². The Hall–Kier alpha value is -3.60. The molecular weight excluding hydrogens is 470 g/mol. The number of non-ortho nitro benzene ring substituents is 1. The Morgan fingerprint density at radius 2 is 1.89 bits per heavy atom. The van der Waals surface area contributed by atoms with Crippen molar-refractivity contribution in [3.05, 3.63) is 64.0 Å². The zero-order valence-electron chi connectivity index (χ0n) is 20.3. The van der Waals surface area contributed by atoms with Crippen LogP contribution in [0.1, 0.15) is 38.3 Å². The molecule has 0 saturated carbocycles. The number of methoxy groups -OCH3 is 1. The number of aryl methyl sites for hydroxylation is 1. The lowest BCUT2D eigenvalue weighted by Gasteiger charge is -2.19. The van der Waals surface area contributed by atoms with Crippen LogP contribution in [0.25, 0.3) is 0 Å². The number of thioether (sulfide) groups is 1. The van der Waals surface area contributed by atoms with E-state index in [0.717, 1.165) is 5.56 Å². The normalized spacial score (nSPS) is 11.8. The van der Waals surface area contributed by atoms with Gasteiger partial charge in [-0.1, -0.05) is 43.8 Å². The van der Waals surface area contributed by atoms with Crippen molar-refractivity contribution in [2.24, 2.45) is 5.92 Å². The van der Waals surface area contributed by atoms with Crippen LogP contribution >= 0.6 is 11.8 Å². The van der Waals surface area contributed by atoms with Gasteiger partial charge in [0.2, 0.25) is 5.91 Å². The summed E-state index contributed by atoms with van der Waals surface area (Å²) in [6.45, 7) is 8.49. The van der Waals surface area contributed by atoms with Crippen molar-refractivity contribution < 1.29 is 19.2 Å². The standard InChI is InChI=1S/C24H29N5O5S/c1-15(2)13-28-23(17(4)34-21-9-7-6-8-20(21)33-5)26-27-24(28)35-14-22(30)25-19-12-18(29(31)32)11-10-16(19)3/h6-12,15,17H,13-14H2,1-5H3,(H,25,30). The predicted molar refractivity (Wildman–Crippen MR) is 134 cm³/mol. The Kier molecular flexibility index (Phi) is 8.69. The van der Waals surface area contributed by atoms with Crippen LogP contribution in [0.5, 0.6) is 11.5 Å². The van der Waals surface area contributed by atoms with Gasteiger partial charge in [0.15, 0.2) is 28.6 Å². The SMILES string of the molecule is COc1ccccc1OC(C)c1nnc(SCC(=O)Nc2cc([N+](=O)[O-])ccc2C)n1CC(C)C. The number of aromatic nitrogens is 3. The van der Waals surface area contributed by atoms with E-state index in [2.05, 4.69) is 29.4 Å². The molecule has 1 aromatic heterocycles. The van der Waals surface area contributed by atoms with Crippen molar-refractivity contribution in [1.29, 1.82) is 0 Å². The molecule has 0 saturated heterocycles. The van der Waals surface area contributed by atoms with Crippen LogP contribution in [-0.4, -0.2) is 38.5 Å². The summed E-state index contributed by atoms with van der Waals surface area (Å²) in [4.78, 5) is 23.2. The zero-order valence-corrected chi connectivity index (χ0v) is 21.2. The highest BCUT2D eigenvalue weighted by Crippen LogP contribution is 2.31. The van der Waals surface area contributed by atoms with Gasteiger partial charge in [0.05, 0.1) is 23.5 Å². The number of carbonyl (C=O) groups excluding carboxylic acids is 1. The smallest absolute Gasteiger partial charge is 0.271 e. The number of hydrogen-bond donors (Lipinski definition) is 1. The molecule has 0 aliphatic carbocycles. The number of nitro benzene ring substituents is 1. The average molecular weight is 500 g/mol. The van der Waals surface area contributed by atoms with Gasteiger partial charge in [-0.2, -0.15) is 0 Å². The van der Waals surface area contributed by atoms with Crippen molar-refractivity contribution in [2.45, 2.75) is 45.5 Å². The Morgan fingerprint density at radius 1 is 1.17 bits per heavy atom. The first-order chi connectivity index (χ1) is 16.7. The highest BCUT2D eigenvalue weighted by atomic mass is 32.2. The summed E-state index contributed by atoms with van der Waals surface area (Å²) in [6, 6.07) is 11.8. The van der Waals surface area contributed by atoms with Crippen molar-refractivity contribution >= 4 is 29.0 Å². The van der Waals surface area contributed by atoms with E-state index in [9.17, 15) is 14.9 Å². The summed E-state index contributed by atoms with van der Waals surface area (Å²) in [5, 5.41) is 23.0. The number of para-hydroxylation sites is 2. The molecule has 186 valence electrons. The van der Waals surface area contributed by atoms with E-state index < -0.39 is 11.0 Å². The van der Waals surface area contributed by atoms with Gasteiger partial charge in [-0.25, -0.2) is 0 Å². The molecule has 1 amide bonds. The molecule has 0 aliphatic heterocycles. The van der Waals surface area contributed by atoms with E-state index in [-0.39, 0.29) is 17.3 Å². The molecule has 1 atom stereocenters. The van der Waals surface area contributed by atoms with E-state index in [0.29, 0.717) is 40.6 Å². The van der Waals surface area contributed by atoms with Gasteiger partial charge in [0, 0.05) is 18.7 Å². The molecule has 0 spiro atoms. The minimum absolute atomic E-state index is 0.0696. The second-order valence-corrected chi connectivity index (χ2v) is 9.29. The van der Waals surface area contributed by atoms with Gasteiger partial charge in [-0.3, -0.25) is 14.9 Å². The first kappa shape index (κ1) is 26.0. The monoisotopic (exact) mass is 499 g/mol. The average Bonchev–Trinajstić information content (AvgIpc) is 3.21. The van der Waals surface area contributed by atoms with E-state index in [1.165, 1.54) is 23.9 Å². The quantitative estimate of drug-likeness (QED) is 0.221. The van der Waals surface area contributed by atoms with E-state index in [1.54, 1.807) is 20.1 Å². The van der Waals surface area contributed by atoms with Crippen LogP contribution in [0.3, 0.4) is 0 Å². The number of benzene rings is 2. The highest BCUT2D eigenvalue weighted by molar-refractivity contribution is 7.99. The van der Waals surface area contributed by atoms with E-state index in [1.807, 2.05) is 35.8 Å². The number of hydrogen-bond acceptors (Lipinski definition) is 8. The van der Waals surface area contributed by atoms with Gasteiger partial charge in [0.1, 0.15) is 0 Å². The lowest BCUT2D eigenvalue weighted by atomic mass is 10.2. The number of rotatable bonds is 11. The maximum atomic E-state index is 12.6. The number of amides is 1. The molecule has 0 bridgehead atoms. The molecule has 0 radical (unpaired) electrons. The lowest BCUT2D eigenvalue weighted by molar-refractivity contribution is -0.384. The number of nitro groups is 1. The first-order valence-corrected chi connectivity index (χ1v) is 12.1. The molecule has 2 aromatic carbocycles. The van der Waals surface area contributed by atoms with Crippen LogP contribution in [-0.2, 0) is 11.3 Å². The van der Waals surface area contributed by atoms with Crippen LogP contribution in [0.2, 0.25) is 0 Å². The number of nitrogens with zero attached hydrogens (tertiary/aromatic N) is 4. The number of carbonyl (C=O) groups is 1. The summed E-state index contributed by atoms with van der Waals surface area (Å²) in [6.07, 6.45) is -0.409. The fourth-order valence-electron chi connectivity index (χ4n) is 3.38. The Labute approximate surface area is 208 Å². The molecule has 10 nitrogen and oxygen atoms in total. The first-order valence-electron chi connectivity index (χ1n) is 11.1. The van der Waals surface area contributed by atoms with Crippen LogP contribution in [0.15, 0.2) is 47.6 Å². The minimum atomic E-state index is -0.492. The predicted octanol–water partition coefficient (Wildman–Crippen LogP) is 5.03. The van der Waals surface area contributed by atoms with Crippen molar-refractivity contribution in [3.63, 3.8) is 0 Å². The maximum absolute atomic E-state index is 12.6. The Bertz CT molecular complexity index is 1200. The summed E-state index contributed by atoms with van der Waals surface area (Å²) in [5.41, 5.74) is 1.07. The summed E-state index contributed by atoms with van der Waals surface area (Å²) < 4.78 is 13.4. The third-order valence-electron chi connectivity index (χ3n) is 5.07. The van der Waals surface area contributed by atoms with Gasteiger partial charge in [0.25, 0.3) is 5.69 Å². The number of anilines is 1. The van der Waals surface area contributed by atoms with Gasteiger partial charge < -0.3 is 19.4 Å². The molecule has 1 unspecified atom stereocenters. The largest absolute Gasteiger partial charge is 0.493 e. The molecule has 0 fully saturated rings. The van der Waals surface area contributed by atoms with Crippen molar-refractivity contribution in [3.8, 4) is 11.5 Å². The van der Waals surface area contributed by atoms with E-state index >= 15 is 0 Å². The van der Waals surface area contributed by atoms with Crippen LogP contribution in [0, 0.1) is 23.0 Å². The Morgan fingerprint density at radius 3 is 2.54 bits per heavy atom. The van der Waals surface area contributed by atoms with Crippen LogP contribution < -0.4 is 14.8 Å². The molecule has 3 rings (SSSR count). The Balaban J connectivity index is 1.73. The molecule has 3 aromatic rings. The summed E-state index contributed by atoms with van der Waals surface area (Å²) in [5.74, 6) is 1.95. The zero-order chi connectivity index (χ0) is 25.5. The summed E-state index contributed by atoms with van der Waals surface area (Å²) in [7, 11) is 1.59. The summed E-state index contributed by atoms with van der Waals surface area (Å²) >= 11 is 1.25. The third kappa shape index (κ3) is 6.72. The fraction of sp³-hybridized carbons (Fsp3) is 0.375. The molecule has 1 N–H and O–H groups in total. The van der Waals surface area contributed by atoms with Crippen molar-refractivity contribution in [1.82, 2.24) is 14.8 Å². The number of ether oxygens (including phenoxy) is 2. The highest BCUT2D eigenvalue weighted by Gasteiger charge is 2.22. The minimum Gasteiger partial charge on any atom is -0.493 e. The maximum Gasteiger partial charge on any atom is 0.271 e. The van der Waals surface area contributed by atoms with E-state index in [4.69, 9.17) is 9.47 Å². The van der Waals surface area contributed by atoms with Gasteiger partial charge in [-0.05, 0) is 37.5 Å². The van der Waals surface area contributed by atoms with Crippen LogP contribution in [0.4, 0.5) is 11.4 Å². The molecular formula is C24H29N5O5S. The molecule has 35 heavy (non-hydrogen) atoms. The topological polar surface area (TPSA) is 121 Å².